The van der Waals surface area contributed by atoms with Crippen molar-refractivity contribution in [3.8, 4) is 61.8 Å². The molecule has 2 aromatic heterocycles. The highest BCUT2D eigenvalue weighted by atomic mass is 16.5. The van der Waals surface area contributed by atoms with Crippen LogP contribution in [0.3, 0.4) is 0 Å². The molecule has 12 rings (SSSR count). The molecule has 5 nitrogen and oxygen atoms in total. The van der Waals surface area contributed by atoms with Crippen LogP contribution >= 0.6 is 0 Å². The second-order valence-electron chi connectivity index (χ2n) is 26.3. The lowest BCUT2D eigenvalue weighted by atomic mass is 9.82. The second kappa shape index (κ2) is 23.1. The fourth-order valence-electron chi connectivity index (χ4n) is 12.2. The number of benzene rings is 9. The third kappa shape index (κ3) is 11.5. The second-order valence-corrected chi connectivity index (χ2v) is 26.3. The van der Waals surface area contributed by atoms with Gasteiger partial charge in [-0.15, -0.1) is 0 Å². The maximum absolute atomic E-state index is 9.17. The normalized spacial score (nSPS) is 13.7. The molecule has 0 bridgehead atoms. The average Bonchev–Trinajstić information content (AvgIpc) is 1.54. The summed E-state index contributed by atoms with van der Waals surface area (Å²) in [6.45, 7) is 24.9. The monoisotopic (exact) mass is 1120 g/mol. The van der Waals surface area contributed by atoms with Gasteiger partial charge in [-0.3, -0.25) is 4.57 Å². The van der Waals surface area contributed by atoms with E-state index in [4.69, 9.17) is 13.8 Å². The van der Waals surface area contributed by atoms with Crippen LogP contribution in [0.2, 0.25) is 0 Å². The number of pyridine rings is 1. The predicted octanol–water partition coefficient (Wildman–Crippen LogP) is 22.5. The number of ether oxygens (including phenoxy) is 1. The van der Waals surface area contributed by atoms with Crippen LogP contribution in [-0.2, 0) is 29.1 Å². The minimum absolute atomic E-state index is 0.0173. The molecule has 5 heteroatoms. The van der Waals surface area contributed by atoms with Gasteiger partial charge in [0.25, 0.3) is 0 Å². The first-order valence-electron chi connectivity index (χ1n) is 33.1. The highest BCUT2D eigenvalue weighted by Crippen LogP contribution is 2.52. The smallest absolute Gasteiger partial charge is 0.137 e. The molecular weight excluding hydrogens is 1030 g/mol. The third-order valence-corrected chi connectivity index (χ3v) is 17.0. The number of aryl methyl sites for hydroxylation is 2. The third-order valence-electron chi connectivity index (χ3n) is 17.0. The summed E-state index contributed by atoms with van der Waals surface area (Å²) in [7, 11) is 0. The van der Waals surface area contributed by atoms with Crippen LogP contribution < -0.4 is 14.5 Å². The molecule has 0 fully saturated rings. The van der Waals surface area contributed by atoms with Gasteiger partial charge in [0, 0.05) is 45.9 Å². The van der Waals surface area contributed by atoms with E-state index in [9.17, 15) is 2.74 Å². The number of unbranched alkanes of at least 4 members (excludes halogenated alkanes) is 2. The molecule has 0 saturated heterocycles. The van der Waals surface area contributed by atoms with E-state index in [0.717, 1.165) is 123 Å². The van der Waals surface area contributed by atoms with E-state index in [2.05, 4.69) is 254 Å². The lowest BCUT2D eigenvalue weighted by molar-refractivity contribution is 0.482. The van der Waals surface area contributed by atoms with Crippen LogP contribution in [0.15, 0.2) is 212 Å². The first-order chi connectivity index (χ1) is 43.0. The van der Waals surface area contributed by atoms with Gasteiger partial charge in [-0.1, -0.05) is 216 Å². The summed E-state index contributed by atoms with van der Waals surface area (Å²) in [6, 6.07) is 61.7. The van der Waals surface area contributed by atoms with Gasteiger partial charge in [0.15, 0.2) is 0 Å². The zero-order valence-corrected chi connectivity index (χ0v) is 51.5. The molecule has 0 spiro atoms. The largest absolute Gasteiger partial charge is 0.457 e. The number of rotatable bonds is 15. The van der Waals surface area contributed by atoms with Crippen LogP contribution in [0.1, 0.15) is 137 Å². The molecule has 0 unspecified atom stereocenters. The molecule has 9 aromatic carbocycles. The van der Waals surface area contributed by atoms with Crippen molar-refractivity contribution < 1.29 is 11.6 Å². The van der Waals surface area contributed by atoms with Crippen molar-refractivity contribution in [1.29, 1.82) is 0 Å². The Morgan fingerprint density at radius 3 is 1.87 bits per heavy atom. The van der Waals surface area contributed by atoms with Crippen LogP contribution in [0.25, 0.3) is 72.1 Å². The summed E-state index contributed by atoms with van der Waals surface area (Å²) in [4.78, 5) is 9.84. The molecular formula is C80H82N4O. The van der Waals surface area contributed by atoms with E-state index in [1.807, 2.05) is 18.3 Å². The van der Waals surface area contributed by atoms with Gasteiger partial charge in [0.05, 0.1) is 34.9 Å². The van der Waals surface area contributed by atoms with Crippen LogP contribution in [0.4, 0.5) is 22.7 Å². The van der Waals surface area contributed by atoms with E-state index in [-0.39, 0.29) is 46.0 Å². The molecule has 0 saturated carbocycles. The molecule has 0 radical (unpaired) electrons. The van der Waals surface area contributed by atoms with Crippen molar-refractivity contribution >= 4 is 44.6 Å². The Hall–Kier alpha value is -8.67. The Kier molecular flexibility index (Phi) is 13.8. The van der Waals surface area contributed by atoms with Crippen molar-refractivity contribution in [1.82, 2.24) is 9.55 Å². The molecule has 1 aliphatic heterocycles. The minimum Gasteiger partial charge on any atom is -0.457 e. The van der Waals surface area contributed by atoms with Gasteiger partial charge in [-0.2, -0.15) is 0 Å². The maximum Gasteiger partial charge on any atom is 0.137 e. The topological polar surface area (TPSA) is 33.5 Å². The molecule has 11 aromatic rings. The standard InChI is InChI=1S/C80H82N4O/c1-12-14-24-54-36-41-71-70(44-54)76-59(25-15-13-2)49-67(52-74(76)84(71)75-50-63(42-43-81-75)79(6,7)8)85-66-31-22-30-65(51-66)82-53-83(73-35-20-19-34-72(73)82)77-68(58-29-21-28-57(45-58)56-37-39-62(40-38-56)78(3,4)5)32-23-33-69(77)61-46-60(55-26-17-16-18-27-55)47-64(48-61)80(9,10)11/h16-23,26-52H,12-15,24-25,53H2,1-11H3/i16D,17D,18D,26D,27D. The van der Waals surface area contributed by atoms with E-state index in [0.29, 0.717) is 18.0 Å². The van der Waals surface area contributed by atoms with Crippen molar-refractivity contribution in [3.63, 3.8) is 0 Å². The number of para-hydroxylation sites is 3. The van der Waals surface area contributed by atoms with E-state index < -0.39 is 6.04 Å². The van der Waals surface area contributed by atoms with Crippen LogP contribution in [0.5, 0.6) is 11.5 Å². The van der Waals surface area contributed by atoms with Gasteiger partial charge in [-0.05, 0) is 170 Å². The summed E-state index contributed by atoms with van der Waals surface area (Å²) in [5.41, 5.74) is 18.7. The number of nitrogens with zero attached hydrogens (tertiary/aromatic N) is 4. The highest BCUT2D eigenvalue weighted by Gasteiger charge is 2.32. The summed E-state index contributed by atoms with van der Waals surface area (Å²) >= 11 is 0. The number of hydrogen-bond acceptors (Lipinski definition) is 4. The Labute approximate surface area is 512 Å². The molecule has 0 aliphatic carbocycles. The first-order valence-corrected chi connectivity index (χ1v) is 30.6. The maximum atomic E-state index is 9.17. The van der Waals surface area contributed by atoms with E-state index in [1.54, 1.807) is 0 Å². The Balaban J connectivity index is 1.00. The summed E-state index contributed by atoms with van der Waals surface area (Å²) in [5.74, 6) is 2.37. The van der Waals surface area contributed by atoms with Crippen molar-refractivity contribution in [2.24, 2.45) is 0 Å². The Bertz CT molecular complexity index is 4510. The zero-order chi connectivity index (χ0) is 63.6. The van der Waals surface area contributed by atoms with E-state index in [1.165, 1.54) is 33.0 Å². The van der Waals surface area contributed by atoms with E-state index >= 15 is 0 Å². The zero-order valence-electron chi connectivity index (χ0n) is 56.5. The van der Waals surface area contributed by atoms with Gasteiger partial charge < -0.3 is 14.5 Å². The number of fused-ring (bicyclic) bond motifs is 4. The van der Waals surface area contributed by atoms with Crippen LogP contribution in [0, 0.1) is 0 Å². The van der Waals surface area contributed by atoms with Gasteiger partial charge >= 0.3 is 0 Å². The van der Waals surface area contributed by atoms with Gasteiger partial charge in [0.1, 0.15) is 24.0 Å². The van der Waals surface area contributed by atoms with Crippen molar-refractivity contribution in [2.75, 3.05) is 16.5 Å². The molecule has 0 atom stereocenters. The molecule has 0 N–H and O–H groups in total. The highest BCUT2D eigenvalue weighted by molar-refractivity contribution is 6.11. The number of hydrogen-bond donors (Lipinski definition) is 0. The number of aromatic nitrogens is 2. The number of anilines is 4. The lowest BCUT2D eigenvalue weighted by Crippen LogP contribution is -2.25. The van der Waals surface area contributed by atoms with Crippen molar-refractivity contribution in [2.45, 2.75) is 131 Å². The molecule has 428 valence electrons. The predicted molar refractivity (Wildman–Crippen MR) is 362 cm³/mol. The summed E-state index contributed by atoms with van der Waals surface area (Å²) in [6.07, 6.45) is 8.28. The summed E-state index contributed by atoms with van der Waals surface area (Å²) < 4.78 is 53.8. The van der Waals surface area contributed by atoms with Crippen LogP contribution in [-0.4, -0.2) is 16.2 Å². The molecule has 1 aliphatic rings. The Morgan fingerprint density at radius 1 is 0.482 bits per heavy atom. The quantitative estimate of drug-likeness (QED) is 0.102. The first kappa shape index (κ1) is 50.8. The fraction of sp³-hybridized carbons (Fsp3) is 0.263. The summed E-state index contributed by atoms with van der Waals surface area (Å²) in [5, 5.41) is 2.50. The lowest BCUT2D eigenvalue weighted by Gasteiger charge is -2.28. The fourth-order valence-corrected chi connectivity index (χ4v) is 12.2. The minimum atomic E-state index is -0.414. The molecule has 0 amide bonds. The molecule has 3 heterocycles. The Morgan fingerprint density at radius 2 is 1.14 bits per heavy atom. The van der Waals surface area contributed by atoms with Gasteiger partial charge in [0.2, 0.25) is 0 Å². The SMILES string of the molecule is [2H]c1c([2H])c([2H])c(-c2cc(-c3cccc(-c4cccc(-c5ccc(C(C)(C)C)cc5)c4)c3N3CN(c4cccc(Oc5cc(CCCC)c6c7cc(CCCC)ccc7n(-c7cc(C(C)(C)C)ccn7)c6c5)c4)c4ccccc43)cc(C(C)(C)C)c2)c([2H])c1[2H]. The van der Waals surface area contributed by atoms with Crippen molar-refractivity contribution in [3.05, 3.63) is 240 Å². The van der Waals surface area contributed by atoms with Gasteiger partial charge in [-0.25, -0.2) is 4.98 Å². The molecule has 85 heavy (non-hydrogen) atoms. The average molecular weight is 1120 g/mol.